The Hall–Kier alpha value is -4.18. The fraction of sp³-hybridized carbons (Fsp3) is 0.188. The molecule has 0 radical (unpaired) electrons. The van der Waals surface area contributed by atoms with Crippen molar-refractivity contribution in [2.75, 3.05) is 0 Å². The maximum Gasteiger partial charge on any atom is 0.336 e. The fourth-order valence-electron chi connectivity index (χ4n) is 6.41. The summed E-state index contributed by atoms with van der Waals surface area (Å²) >= 11 is 0. The van der Waals surface area contributed by atoms with Crippen molar-refractivity contribution in [1.82, 2.24) is 0 Å². The normalized spacial score (nSPS) is 14.4. The second kappa shape index (κ2) is 7.66. The lowest BCUT2D eigenvalue weighted by Crippen LogP contribution is -2.17. The van der Waals surface area contributed by atoms with Crippen LogP contribution in [0, 0.1) is 0 Å². The molecule has 4 aromatic carbocycles. The molecule has 0 spiro atoms. The Bertz CT molecular complexity index is 1520. The number of benzene rings is 4. The zero-order valence-corrected chi connectivity index (χ0v) is 19.7. The van der Waals surface area contributed by atoms with Crippen molar-refractivity contribution in [1.29, 1.82) is 0 Å². The predicted octanol–water partition coefficient (Wildman–Crippen LogP) is 5.57. The molecular formula is C32H24O4. The summed E-state index contributed by atoms with van der Waals surface area (Å²) in [7, 11) is 0. The van der Waals surface area contributed by atoms with Crippen molar-refractivity contribution >= 4 is 11.9 Å². The first-order valence-corrected chi connectivity index (χ1v) is 12.4. The molecule has 0 fully saturated rings. The standard InChI is InChI=1S/C32H24O4/c33-31(34)29-15-27-13-25-11-23-9-21-7-19-5-17-3-1-2-4-18(17)6-20(19)8-22(21)10-24(23)12-26(25)14-28(27)16-30(29)32(35)36/h1-4,7-8,11-12,15-16H,5-6,9-10,13-14H2,(H,33,34)(H,35,36). The second-order valence-corrected chi connectivity index (χ2v) is 10.4. The van der Waals surface area contributed by atoms with E-state index in [1.807, 2.05) is 0 Å². The van der Waals surface area contributed by atoms with Gasteiger partial charge in [0.2, 0.25) is 0 Å². The first-order valence-electron chi connectivity index (χ1n) is 12.4. The number of carbonyl (C=O) groups is 2. The maximum atomic E-state index is 11.7. The third-order valence-corrected chi connectivity index (χ3v) is 8.25. The Labute approximate surface area is 208 Å². The molecule has 2 N–H and O–H groups in total. The van der Waals surface area contributed by atoms with Gasteiger partial charge in [0.1, 0.15) is 0 Å². The first-order chi connectivity index (χ1) is 17.4. The lowest BCUT2D eigenvalue weighted by molar-refractivity contribution is 0.0651. The maximum absolute atomic E-state index is 11.7. The van der Waals surface area contributed by atoms with E-state index in [0.29, 0.717) is 12.8 Å². The Morgan fingerprint density at radius 3 is 0.944 bits per heavy atom. The highest BCUT2D eigenvalue weighted by Gasteiger charge is 2.26. The minimum absolute atomic E-state index is 0.136. The zero-order chi connectivity index (χ0) is 24.6. The molecule has 0 atom stereocenters. The highest BCUT2D eigenvalue weighted by molar-refractivity contribution is 6.02. The van der Waals surface area contributed by atoms with Crippen LogP contribution in [-0.2, 0) is 38.5 Å². The number of carboxylic acids is 2. The molecule has 0 saturated heterocycles. The van der Waals surface area contributed by atoms with Crippen LogP contribution in [0.5, 0.6) is 0 Å². The topological polar surface area (TPSA) is 74.6 Å². The van der Waals surface area contributed by atoms with Crippen LogP contribution in [0.1, 0.15) is 87.5 Å². The fourth-order valence-corrected chi connectivity index (χ4v) is 6.41. The Morgan fingerprint density at radius 1 is 0.417 bits per heavy atom. The predicted molar refractivity (Wildman–Crippen MR) is 137 cm³/mol. The van der Waals surface area contributed by atoms with Crippen molar-refractivity contribution in [3.05, 3.63) is 139 Å². The lowest BCUT2D eigenvalue weighted by Gasteiger charge is -2.28. The van der Waals surface area contributed by atoms with E-state index in [2.05, 4.69) is 48.5 Å². The van der Waals surface area contributed by atoms with E-state index in [4.69, 9.17) is 0 Å². The van der Waals surface area contributed by atoms with Gasteiger partial charge in [-0.25, -0.2) is 9.59 Å². The van der Waals surface area contributed by atoms with Crippen LogP contribution in [0.15, 0.2) is 60.7 Å². The Morgan fingerprint density at radius 2 is 0.667 bits per heavy atom. The van der Waals surface area contributed by atoms with Crippen molar-refractivity contribution in [3.8, 4) is 0 Å². The highest BCUT2D eigenvalue weighted by atomic mass is 16.4. The third kappa shape index (κ3) is 3.29. The van der Waals surface area contributed by atoms with Crippen LogP contribution in [0.4, 0.5) is 0 Å². The summed E-state index contributed by atoms with van der Waals surface area (Å²) in [6.45, 7) is 0. The molecule has 4 nitrogen and oxygen atoms in total. The summed E-state index contributed by atoms with van der Waals surface area (Å²) in [5.74, 6) is -2.40. The Kier molecular flexibility index (Phi) is 4.50. The van der Waals surface area contributed by atoms with Gasteiger partial charge in [-0.3, -0.25) is 0 Å². The molecule has 4 aromatic rings. The van der Waals surface area contributed by atoms with Gasteiger partial charge in [0.05, 0.1) is 11.1 Å². The molecule has 0 bridgehead atoms. The van der Waals surface area contributed by atoms with Crippen LogP contribution in [0.25, 0.3) is 0 Å². The van der Waals surface area contributed by atoms with E-state index < -0.39 is 11.9 Å². The van der Waals surface area contributed by atoms with Crippen LogP contribution in [0.3, 0.4) is 0 Å². The number of hydrogen-bond donors (Lipinski definition) is 2. The molecule has 0 aromatic heterocycles. The quantitative estimate of drug-likeness (QED) is 0.345. The molecule has 0 amide bonds. The summed E-state index contributed by atoms with van der Waals surface area (Å²) in [6, 6.07) is 21.3. The van der Waals surface area contributed by atoms with E-state index in [0.717, 1.165) is 36.8 Å². The number of fused-ring (bicyclic) bond motifs is 6. The summed E-state index contributed by atoms with van der Waals surface area (Å²) in [4.78, 5) is 23.3. The van der Waals surface area contributed by atoms with E-state index in [9.17, 15) is 19.8 Å². The van der Waals surface area contributed by atoms with Crippen molar-refractivity contribution in [3.63, 3.8) is 0 Å². The average Bonchev–Trinajstić information content (AvgIpc) is 2.86. The zero-order valence-electron chi connectivity index (χ0n) is 19.7. The molecule has 36 heavy (non-hydrogen) atoms. The summed E-state index contributed by atoms with van der Waals surface area (Å²) in [5, 5.41) is 19.1. The van der Waals surface area contributed by atoms with Gasteiger partial charge in [-0.1, -0.05) is 48.5 Å². The summed E-state index contributed by atoms with van der Waals surface area (Å²) in [6.07, 6.45) is 5.09. The minimum atomic E-state index is -1.20. The van der Waals surface area contributed by atoms with Gasteiger partial charge in [0.15, 0.2) is 0 Å². The van der Waals surface area contributed by atoms with Crippen LogP contribution in [0.2, 0.25) is 0 Å². The van der Waals surface area contributed by atoms with Gasteiger partial charge in [-0.15, -0.1) is 0 Å². The van der Waals surface area contributed by atoms with Crippen LogP contribution in [-0.4, -0.2) is 22.2 Å². The number of carboxylic acid groups (broad SMARTS) is 2. The molecule has 0 aliphatic heterocycles. The summed E-state index contributed by atoms with van der Waals surface area (Å²) in [5.41, 5.74) is 15.3. The van der Waals surface area contributed by atoms with E-state index in [1.54, 1.807) is 12.1 Å². The van der Waals surface area contributed by atoms with Gasteiger partial charge in [-0.2, -0.15) is 0 Å². The summed E-state index contributed by atoms with van der Waals surface area (Å²) < 4.78 is 0. The Balaban J connectivity index is 1.24. The molecular weight excluding hydrogens is 448 g/mol. The molecule has 4 heteroatoms. The van der Waals surface area contributed by atoms with E-state index in [1.165, 1.54) is 55.6 Å². The largest absolute Gasteiger partial charge is 0.478 e. The van der Waals surface area contributed by atoms with Gasteiger partial charge in [0.25, 0.3) is 0 Å². The van der Waals surface area contributed by atoms with Crippen molar-refractivity contribution in [2.45, 2.75) is 38.5 Å². The number of rotatable bonds is 2. The average molecular weight is 473 g/mol. The van der Waals surface area contributed by atoms with Gasteiger partial charge >= 0.3 is 11.9 Å². The second-order valence-electron chi connectivity index (χ2n) is 10.4. The van der Waals surface area contributed by atoms with Crippen molar-refractivity contribution in [2.24, 2.45) is 0 Å². The third-order valence-electron chi connectivity index (χ3n) is 8.25. The highest BCUT2D eigenvalue weighted by Crippen LogP contribution is 2.37. The molecule has 0 heterocycles. The van der Waals surface area contributed by atoms with Crippen LogP contribution >= 0.6 is 0 Å². The smallest absolute Gasteiger partial charge is 0.336 e. The van der Waals surface area contributed by atoms with E-state index in [-0.39, 0.29) is 11.1 Å². The number of hydrogen-bond acceptors (Lipinski definition) is 2. The number of aromatic carboxylic acids is 2. The van der Waals surface area contributed by atoms with E-state index >= 15 is 0 Å². The molecule has 3 aliphatic carbocycles. The van der Waals surface area contributed by atoms with Crippen molar-refractivity contribution < 1.29 is 19.8 Å². The molecule has 3 aliphatic rings. The minimum Gasteiger partial charge on any atom is -0.478 e. The monoisotopic (exact) mass is 472 g/mol. The first kappa shape index (κ1) is 21.1. The lowest BCUT2D eigenvalue weighted by atomic mass is 9.76. The van der Waals surface area contributed by atoms with Gasteiger partial charge in [-0.05, 0) is 117 Å². The van der Waals surface area contributed by atoms with Crippen LogP contribution < -0.4 is 0 Å². The van der Waals surface area contributed by atoms with Gasteiger partial charge < -0.3 is 10.2 Å². The molecule has 176 valence electrons. The SMILES string of the molecule is O=C(O)c1cc2c(cc1C(=O)O)Cc1cc3c(cc1C2)Cc1cc2c(cc1C3)Cc1ccccc1C2. The molecule has 0 saturated carbocycles. The molecule has 0 unspecified atom stereocenters. The molecule has 7 rings (SSSR count). The van der Waals surface area contributed by atoms with Gasteiger partial charge in [0, 0.05) is 0 Å².